The Kier molecular flexibility index (Phi) is 3.69. The molecule has 0 fully saturated rings. The van der Waals surface area contributed by atoms with E-state index in [2.05, 4.69) is 10.3 Å². The smallest absolute Gasteiger partial charge is 0.262 e. The minimum Gasteiger partial charge on any atom is -0.347 e. The number of rotatable bonds is 4. The van der Waals surface area contributed by atoms with Crippen molar-refractivity contribution < 1.29 is 14.4 Å². The molecule has 0 aliphatic carbocycles. The third-order valence-electron chi connectivity index (χ3n) is 3.93. The van der Waals surface area contributed by atoms with Crippen LogP contribution in [0.25, 0.3) is 0 Å². The molecule has 1 aliphatic rings. The van der Waals surface area contributed by atoms with E-state index >= 15 is 0 Å². The molecule has 3 amide bonds. The Hall–Kier alpha value is -2.96. The van der Waals surface area contributed by atoms with Crippen molar-refractivity contribution in [1.29, 1.82) is 0 Å². The van der Waals surface area contributed by atoms with E-state index in [-0.39, 0.29) is 6.54 Å². The van der Waals surface area contributed by atoms with Crippen LogP contribution in [0.1, 0.15) is 33.5 Å². The number of hydrogen-bond donors (Lipinski definition) is 1. The number of carbonyl (C=O) groups is 3. The van der Waals surface area contributed by atoms with Crippen molar-refractivity contribution in [1.82, 2.24) is 19.8 Å². The average molecular weight is 312 g/mol. The van der Waals surface area contributed by atoms with Crippen LogP contribution in [0.15, 0.2) is 36.7 Å². The van der Waals surface area contributed by atoms with Gasteiger partial charge in [0.15, 0.2) is 0 Å². The van der Waals surface area contributed by atoms with Gasteiger partial charge in [0.25, 0.3) is 11.8 Å². The van der Waals surface area contributed by atoms with Gasteiger partial charge in [0.2, 0.25) is 5.91 Å². The molecule has 23 heavy (non-hydrogen) atoms. The maximum Gasteiger partial charge on any atom is 0.262 e. The molecule has 1 atom stereocenters. The second kappa shape index (κ2) is 5.68. The highest BCUT2D eigenvalue weighted by molar-refractivity contribution is 6.22. The Morgan fingerprint density at radius 2 is 1.83 bits per heavy atom. The quantitative estimate of drug-likeness (QED) is 0.843. The van der Waals surface area contributed by atoms with Crippen LogP contribution in [0, 0.1) is 0 Å². The molecule has 0 bridgehead atoms. The van der Waals surface area contributed by atoms with Crippen molar-refractivity contribution in [2.45, 2.75) is 19.5 Å². The maximum atomic E-state index is 12.3. The highest BCUT2D eigenvalue weighted by Crippen LogP contribution is 2.24. The lowest BCUT2D eigenvalue weighted by molar-refractivity contribution is -0.124. The van der Waals surface area contributed by atoms with Crippen LogP contribution >= 0.6 is 0 Å². The van der Waals surface area contributed by atoms with E-state index in [9.17, 15) is 14.4 Å². The molecule has 7 nitrogen and oxygen atoms in total. The number of amides is 3. The number of aromatic nitrogens is 2. The van der Waals surface area contributed by atoms with Crippen LogP contribution in [0.4, 0.5) is 0 Å². The highest BCUT2D eigenvalue weighted by atomic mass is 16.2. The lowest BCUT2D eigenvalue weighted by Crippen LogP contribution is -2.47. The molecule has 0 saturated heterocycles. The zero-order valence-corrected chi connectivity index (χ0v) is 12.8. The molecular formula is C16H16N4O3. The Balaban J connectivity index is 1.72. The predicted molar refractivity (Wildman–Crippen MR) is 81.5 cm³/mol. The molecule has 1 unspecified atom stereocenters. The van der Waals surface area contributed by atoms with Crippen LogP contribution < -0.4 is 5.32 Å². The van der Waals surface area contributed by atoms with Crippen molar-refractivity contribution in [3.8, 4) is 0 Å². The van der Waals surface area contributed by atoms with E-state index in [0.717, 1.165) is 4.90 Å². The van der Waals surface area contributed by atoms with E-state index in [0.29, 0.717) is 17.0 Å². The van der Waals surface area contributed by atoms with Gasteiger partial charge in [-0.2, -0.15) is 0 Å². The van der Waals surface area contributed by atoms with Gasteiger partial charge in [-0.05, 0) is 19.1 Å². The van der Waals surface area contributed by atoms with Crippen LogP contribution in [0.3, 0.4) is 0 Å². The van der Waals surface area contributed by atoms with Gasteiger partial charge in [0, 0.05) is 19.4 Å². The van der Waals surface area contributed by atoms with Gasteiger partial charge >= 0.3 is 0 Å². The number of fused-ring (bicyclic) bond motifs is 1. The van der Waals surface area contributed by atoms with Gasteiger partial charge in [0.1, 0.15) is 11.9 Å². The normalized spacial score (nSPS) is 14.8. The molecule has 1 aromatic carbocycles. The molecule has 0 spiro atoms. The topological polar surface area (TPSA) is 84.3 Å². The first-order valence-corrected chi connectivity index (χ1v) is 7.21. The molecule has 1 N–H and O–H groups in total. The first-order chi connectivity index (χ1) is 11.0. The van der Waals surface area contributed by atoms with Crippen molar-refractivity contribution in [3.05, 3.63) is 53.6 Å². The molecule has 2 aromatic rings. The predicted octanol–water partition coefficient (Wildman–Crippen LogP) is 0.721. The van der Waals surface area contributed by atoms with E-state index < -0.39 is 23.8 Å². The highest BCUT2D eigenvalue weighted by Gasteiger charge is 2.40. The van der Waals surface area contributed by atoms with Gasteiger partial charge in [0.05, 0.1) is 17.7 Å². The molecule has 1 aliphatic heterocycles. The number of hydrogen-bond acceptors (Lipinski definition) is 4. The van der Waals surface area contributed by atoms with E-state index in [1.165, 1.54) is 6.92 Å². The third kappa shape index (κ3) is 2.50. The van der Waals surface area contributed by atoms with Gasteiger partial charge < -0.3 is 9.88 Å². The van der Waals surface area contributed by atoms with Crippen molar-refractivity contribution >= 4 is 17.7 Å². The monoisotopic (exact) mass is 312 g/mol. The Bertz CT molecular complexity index is 761. The summed E-state index contributed by atoms with van der Waals surface area (Å²) in [6.07, 6.45) is 3.41. The number of imidazole rings is 1. The van der Waals surface area contributed by atoms with Crippen molar-refractivity contribution in [2.75, 3.05) is 0 Å². The van der Waals surface area contributed by atoms with Gasteiger partial charge in [-0.1, -0.05) is 12.1 Å². The SMILES string of the molecule is CC(C(=O)NCc1nccn1C)N1C(=O)c2ccccc2C1=O. The van der Waals surface area contributed by atoms with Gasteiger partial charge in [-0.25, -0.2) is 4.98 Å². The van der Waals surface area contributed by atoms with E-state index in [1.54, 1.807) is 41.2 Å². The first kappa shape index (κ1) is 15.0. The summed E-state index contributed by atoms with van der Waals surface area (Å²) in [6, 6.07) is 5.68. The Morgan fingerprint density at radius 1 is 1.22 bits per heavy atom. The zero-order valence-electron chi connectivity index (χ0n) is 12.8. The minimum atomic E-state index is -0.886. The molecule has 3 rings (SSSR count). The summed E-state index contributed by atoms with van der Waals surface area (Å²) >= 11 is 0. The largest absolute Gasteiger partial charge is 0.347 e. The first-order valence-electron chi connectivity index (χ1n) is 7.21. The van der Waals surface area contributed by atoms with E-state index in [4.69, 9.17) is 0 Å². The summed E-state index contributed by atoms with van der Waals surface area (Å²) in [5.41, 5.74) is 0.669. The average Bonchev–Trinajstić information content (AvgIpc) is 3.07. The Labute approximate surface area is 132 Å². The lowest BCUT2D eigenvalue weighted by atomic mass is 10.1. The van der Waals surface area contributed by atoms with Crippen LogP contribution in [0.5, 0.6) is 0 Å². The molecule has 2 heterocycles. The fourth-order valence-corrected chi connectivity index (χ4v) is 2.56. The molecule has 0 saturated carbocycles. The fourth-order valence-electron chi connectivity index (χ4n) is 2.56. The van der Waals surface area contributed by atoms with Crippen LogP contribution in [-0.4, -0.2) is 38.2 Å². The summed E-state index contributed by atoms with van der Waals surface area (Å²) in [5, 5.41) is 2.70. The minimum absolute atomic E-state index is 0.232. The van der Waals surface area contributed by atoms with Gasteiger partial charge in [-0.3, -0.25) is 19.3 Å². The maximum absolute atomic E-state index is 12.3. The number of benzene rings is 1. The standard InChI is InChI=1S/C16H16N4O3/c1-10(14(21)18-9-13-17-7-8-19(13)2)20-15(22)11-5-3-4-6-12(11)16(20)23/h3-8,10H,9H2,1-2H3,(H,18,21). The number of nitrogens with zero attached hydrogens (tertiary/aromatic N) is 3. The number of carbonyl (C=O) groups excluding carboxylic acids is 3. The van der Waals surface area contributed by atoms with Crippen molar-refractivity contribution in [2.24, 2.45) is 7.05 Å². The summed E-state index contributed by atoms with van der Waals surface area (Å²) in [7, 11) is 1.82. The molecule has 0 radical (unpaired) electrons. The molecular weight excluding hydrogens is 296 g/mol. The number of imide groups is 1. The number of aryl methyl sites for hydroxylation is 1. The summed E-state index contributed by atoms with van der Waals surface area (Å²) in [5.74, 6) is -0.592. The van der Waals surface area contributed by atoms with Crippen LogP contribution in [-0.2, 0) is 18.4 Å². The molecule has 118 valence electrons. The summed E-state index contributed by atoms with van der Waals surface area (Å²) < 4.78 is 1.78. The fraction of sp³-hybridized carbons (Fsp3) is 0.250. The second-order valence-corrected chi connectivity index (χ2v) is 5.37. The second-order valence-electron chi connectivity index (χ2n) is 5.37. The molecule has 1 aromatic heterocycles. The zero-order chi connectivity index (χ0) is 16.6. The summed E-state index contributed by atoms with van der Waals surface area (Å²) in [4.78, 5) is 42.1. The van der Waals surface area contributed by atoms with Crippen molar-refractivity contribution in [3.63, 3.8) is 0 Å². The molecule has 7 heteroatoms. The van der Waals surface area contributed by atoms with Gasteiger partial charge in [-0.15, -0.1) is 0 Å². The Morgan fingerprint density at radius 3 is 2.35 bits per heavy atom. The third-order valence-corrected chi connectivity index (χ3v) is 3.93. The lowest BCUT2D eigenvalue weighted by Gasteiger charge is -2.21. The number of nitrogens with one attached hydrogen (secondary N) is 1. The van der Waals surface area contributed by atoms with E-state index in [1.807, 2.05) is 7.05 Å². The van der Waals surface area contributed by atoms with Crippen LogP contribution in [0.2, 0.25) is 0 Å². The summed E-state index contributed by atoms with van der Waals surface area (Å²) in [6.45, 7) is 1.77.